The quantitative estimate of drug-likeness (QED) is 0.727. The summed E-state index contributed by atoms with van der Waals surface area (Å²) in [5.74, 6) is 0.476. The number of pyridine rings is 1. The third-order valence-electron chi connectivity index (χ3n) is 3.16. The Labute approximate surface area is 111 Å². The zero-order valence-electron chi connectivity index (χ0n) is 10.8. The molecule has 0 saturated carbocycles. The van der Waals surface area contributed by atoms with Crippen molar-refractivity contribution in [2.24, 2.45) is 0 Å². The molecular weight excluding hydrogens is 240 g/mol. The van der Waals surface area contributed by atoms with Crippen molar-refractivity contribution >= 4 is 27.8 Å². The van der Waals surface area contributed by atoms with Gasteiger partial charge in [-0.1, -0.05) is 18.2 Å². The Hall–Kier alpha value is -2.14. The van der Waals surface area contributed by atoms with Gasteiger partial charge < -0.3 is 15.0 Å². The van der Waals surface area contributed by atoms with Crippen LogP contribution in [0.5, 0.6) is 0 Å². The smallest absolute Gasteiger partial charge is 0.152 e. The van der Waals surface area contributed by atoms with Gasteiger partial charge in [-0.25, -0.2) is 9.97 Å². The Morgan fingerprint density at radius 1 is 1.32 bits per heavy atom. The number of hydrogen-bond acceptors (Lipinski definition) is 4. The van der Waals surface area contributed by atoms with Gasteiger partial charge in [-0.05, 0) is 13.0 Å². The molecule has 98 valence electrons. The molecule has 2 N–H and O–H groups in total. The van der Waals surface area contributed by atoms with Crippen LogP contribution in [0.15, 0.2) is 30.6 Å². The number of ether oxygens (including phenoxy) is 1. The molecule has 2 heterocycles. The number of anilines is 1. The van der Waals surface area contributed by atoms with Gasteiger partial charge in [0.1, 0.15) is 5.52 Å². The monoisotopic (exact) mass is 256 g/mol. The standard InChI is InChI=1S/C14H16N4O/c1-2-19-8-7-18-9-16-12-13(18)10-5-3-4-6-11(10)17-14(12)15/h3-6,9H,2,7-8H2,1H3,(H2,15,17). The molecule has 0 bridgehead atoms. The van der Waals surface area contributed by atoms with Gasteiger partial charge in [0.15, 0.2) is 5.82 Å². The van der Waals surface area contributed by atoms with Gasteiger partial charge in [-0.15, -0.1) is 0 Å². The van der Waals surface area contributed by atoms with E-state index in [2.05, 4.69) is 14.5 Å². The first-order chi connectivity index (χ1) is 9.31. The van der Waals surface area contributed by atoms with Crippen LogP contribution in [0, 0.1) is 0 Å². The lowest BCUT2D eigenvalue weighted by atomic mass is 10.2. The van der Waals surface area contributed by atoms with Crippen molar-refractivity contribution in [3.05, 3.63) is 30.6 Å². The zero-order valence-corrected chi connectivity index (χ0v) is 10.8. The largest absolute Gasteiger partial charge is 0.382 e. The molecule has 0 aliphatic rings. The number of rotatable bonds is 4. The van der Waals surface area contributed by atoms with Crippen LogP contribution >= 0.6 is 0 Å². The number of hydrogen-bond donors (Lipinski definition) is 1. The van der Waals surface area contributed by atoms with Crippen LogP contribution in [-0.4, -0.2) is 27.7 Å². The molecule has 19 heavy (non-hydrogen) atoms. The normalized spacial score (nSPS) is 11.4. The van der Waals surface area contributed by atoms with Gasteiger partial charge in [-0.2, -0.15) is 0 Å². The van der Waals surface area contributed by atoms with Crippen molar-refractivity contribution in [1.29, 1.82) is 0 Å². The molecule has 2 aromatic heterocycles. The highest BCUT2D eigenvalue weighted by atomic mass is 16.5. The third-order valence-corrected chi connectivity index (χ3v) is 3.16. The average Bonchev–Trinajstić information content (AvgIpc) is 2.84. The maximum atomic E-state index is 5.97. The Morgan fingerprint density at radius 3 is 3.00 bits per heavy atom. The second-order valence-electron chi connectivity index (χ2n) is 4.35. The predicted molar refractivity (Wildman–Crippen MR) is 75.9 cm³/mol. The number of aromatic nitrogens is 3. The van der Waals surface area contributed by atoms with E-state index in [-0.39, 0.29) is 0 Å². The van der Waals surface area contributed by atoms with Crippen LogP contribution in [0.1, 0.15) is 6.92 Å². The summed E-state index contributed by atoms with van der Waals surface area (Å²) in [7, 11) is 0. The summed E-state index contributed by atoms with van der Waals surface area (Å²) in [5, 5.41) is 1.07. The molecule has 5 nitrogen and oxygen atoms in total. The minimum absolute atomic E-state index is 0.476. The van der Waals surface area contributed by atoms with Crippen molar-refractivity contribution in [1.82, 2.24) is 14.5 Å². The van der Waals surface area contributed by atoms with E-state index in [0.29, 0.717) is 12.4 Å². The summed E-state index contributed by atoms with van der Waals surface area (Å²) < 4.78 is 7.48. The molecule has 0 fully saturated rings. The fourth-order valence-corrected chi connectivity index (χ4v) is 2.28. The number of fused-ring (bicyclic) bond motifs is 3. The SMILES string of the molecule is CCOCCn1cnc2c(N)nc3ccccc3c21. The fourth-order valence-electron chi connectivity index (χ4n) is 2.28. The summed E-state index contributed by atoms with van der Waals surface area (Å²) in [5.41, 5.74) is 8.66. The van der Waals surface area contributed by atoms with Crippen molar-refractivity contribution in [3.8, 4) is 0 Å². The van der Waals surface area contributed by atoms with E-state index < -0.39 is 0 Å². The van der Waals surface area contributed by atoms with E-state index in [1.54, 1.807) is 6.33 Å². The Kier molecular flexibility index (Phi) is 3.05. The van der Waals surface area contributed by atoms with Crippen LogP contribution in [-0.2, 0) is 11.3 Å². The van der Waals surface area contributed by atoms with Crippen molar-refractivity contribution in [3.63, 3.8) is 0 Å². The van der Waals surface area contributed by atoms with E-state index in [9.17, 15) is 0 Å². The molecule has 3 rings (SSSR count). The first kappa shape index (κ1) is 11.9. The van der Waals surface area contributed by atoms with Crippen molar-refractivity contribution in [2.75, 3.05) is 18.9 Å². The number of para-hydroxylation sites is 1. The van der Waals surface area contributed by atoms with E-state index in [1.165, 1.54) is 0 Å². The highest BCUT2D eigenvalue weighted by Crippen LogP contribution is 2.26. The number of nitrogens with two attached hydrogens (primary N) is 1. The first-order valence-electron chi connectivity index (χ1n) is 6.38. The van der Waals surface area contributed by atoms with E-state index in [1.807, 2.05) is 31.2 Å². The van der Waals surface area contributed by atoms with Crippen LogP contribution in [0.3, 0.4) is 0 Å². The van der Waals surface area contributed by atoms with Crippen LogP contribution < -0.4 is 5.73 Å². The summed E-state index contributed by atoms with van der Waals surface area (Å²) in [6.07, 6.45) is 1.80. The van der Waals surface area contributed by atoms with E-state index in [4.69, 9.17) is 10.5 Å². The predicted octanol–water partition coefficient (Wildman–Crippen LogP) is 2.20. The Morgan fingerprint density at radius 2 is 2.16 bits per heavy atom. The van der Waals surface area contributed by atoms with E-state index in [0.717, 1.165) is 35.1 Å². The van der Waals surface area contributed by atoms with Gasteiger partial charge in [-0.3, -0.25) is 0 Å². The molecule has 0 spiro atoms. The van der Waals surface area contributed by atoms with Crippen molar-refractivity contribution in [2.45, 2.75) is 13.5 Å². The van der Waals surface area contributed by atoms with Gasteiger partial charge in [0.25, 0.3) is 0 Å². The molecule has 5 heteroatoms. The Bertz CT molecular complexity index is 720. The second kappa shape index (κ2) is 4.85. The minimum Gasteiger partial charge on any atom is -0.382 e. The van der Waals surface area contributed by atoms with Gasteiger partial charge >= 0.3 is 0 Å². The first-order valence-corrected chi connectivity index (χ1v) is 6.38. The minimum atomic E-state index is 0.476. The van der Waals surface area contributed by atoms with Crippen LogP contribution in [0.25, 0.3) is 21.9 Å². The Balaban J connectivity index is 2.18. The van der Waals surface area contributed by atoms with Crippen molar-refractivity contribution < 1.29 is 4.74 Å². The lowest BCUT2D eigenvalue weighted by molar-refractivity contribution is 0.140. The number of imidazole rings is 1. The van der Waals surface area contributed by atoms with Gasteiger partial charge in [0, 0.05) is 18.5 Å². The molecule has 0 atom stereocenters. The molecule has 0 saturated heterocycles. The average molecular weight is 256 g/mol. The molecule has 0 unspecified atom stereocenters. The summed E-state index contributed by atoms with van der Waals surface area (Å²) >= 11 is 0. The third kappa shape index (κ3) is 2.02. The number of nitrogens with zero attached hydrogens (tertiary/aromatic N) is 3. The molecule has 3 aromatic rings. The molecule has 0 amide bonds. The summed E-state index contributed by atoms with van der Waals surface area (Å²) in [6.45, 7) is 4.14. The topological polar surface area (TPSA) is 66.0 Å². The zero-order chi connectivity index (χ0) is 13.2. The highest BCUT2D eigenvalue weighted by Gasteiger charge is 2.11. The molecule has 0 radical (unpaired) electrons. The summed E-state index contributed by atoms with van der Waals surface area (Å²) in [6, 6.07) is 7.97. The van der Waals surface area contributed by atoms with Gasteiger partial charge in [0.2, 0.25) is 0 Å². The lowest BCUT2D eigenvalue weighted by Crippen LogP contribution is -2.05. The molecule has 0 aliphatic heterocycles. The number of benzene rings is 1. The lowest BCUT2D eigenvalue weighted by Gasteiger charge is -2.07. The maximum absolute atomic E-state index is 5.97. The second-order valence-corrected chi connectivity index (χ2v) is 4.35. The van der Waals surface area contributed by atoms with Crippen LogP contribution in [0.2, 0.25) is 0 Å². The molecule has 0 aliphatic carbocycles. The molecular formula is C14H16N4O. The summed E-state index contributed by atoms with van der Waals surface area (Å²) in [4.78, 5) is 8.75. The van der Waals surface area contributed by atoms with Crippen LogP contribution in [0.4, 0.5) is 5.82 Å². The number of nitrogen functional groups attached to an aromatic ring is 1. The van der Waals surface area contributed by atoms with E-state index >= 15 is 0 Å². The molecule has 1 aromatic carbocycles. The van der Waals surface area contributed by atoms with Gasteiger partial charge in [0.05, 0.1) is 24.0 Å². The fraction of sp³-hybridized carbons (Fsp3) is 0.286. The highest BCUT2D eigenvalue weighted by molar-refractivity contribution is 6.06. The maximum Gasteiger partial charge on any atom is 0.152 e.